The molecule has 0 heterocycles. The number of carbonyl (C=O) groups is 1. The van der Waals surface area contributed by atoms with Crippen LogP contribution in [0.4, 0.5) is 0 Å². The number of ketones is 1. The topological polar surface area (TPSA) is 111 Å². The summed E-state index contributed by atoms with van der Waals surface area (Å²) in [4.78, 5) is 13.3. The van der Waals surface area contributed by atoms with Gasteiger partial charge in [0.25, 0.3) is 15.9 Å². The summed E-state index contributed by atoms with van der Waals surface area (Å²) in [6.45, 7) is 6.19. The average Bonchev–Trinajstić information content (AvgIpc) is 2.71. The van der Waals surface area contributed by atoms with Crippen LogP contribution in [0.1, 0.15) is 42.3 Å². The second-order valence-corrected chi connectivity index (χ2v) is 10.9. The summed E-state index contributed by atoms with van der Waals surface area (Å²) in [7, 11) is -6.38. The number of carbonyl (C=O) groups excluding carboxylic acids is 1. The third kappa shape index (κ3) is 4.92. The minimum atomic E-state index is -4.64. The predicted octanol–water partition coefficient (Wildman–Crippen LogP) is 4.07. The van der Waals surface area contributed by atoms with Gasteiger partial charge in [-0.05, 0) is 41.3 Å². The Labute approximate surface area is 183 Å². The first-order chi connectivity index (χ1) is 14.4. The lowest BCUT2D eigenvalue weighted by atomic mass is 9.87. The Morgan fingerprint density at radius 1 is 0.935 bits per heavy atom. The SMILES string of the molecule is CC(C)(C)c1ccc(S(=O)c2ccc([OH2+])cc2C(=O)c2ccccc2S(=O)(=O)O)cc1. The molecule has 8 heteroatoms. The van der Waals surface area contributed by atoms with Crippen molar-refractivity contribution in [1.29, 1.82) is 0 Å². The normalized spacial score (nSPS) is 13.0. The van der Waals surface area contributed by atoms with E-state index in [2.05, 4.69) is 20.8 Å². The maximum absolute atomic E-state index is 13.3. The van der Waals surface area contributed by atoms with Crippen molar-refractivity contribution >= 4 is 26.7 Å². The lowest BCUT2D eigenvalue weighted by Gasteiger charge is -2.19. The van der Waals surface area contributed by atoms with Crippen LogP contribution >= 0.6 is 0 Å². The highest BCUT2D eigenvalue weighted by molar-refractivity contribution is 7.86. The first kappa shape index (κ1) is 22.9. The molecule has 0 spiro atoms. The van der Waals surface area contributed by atoms with Crippen molar-refractivity contribution < 1.29 is 27.1 Å². The van der Waals surface area contributed by atoms with Gasteiger partial charge in [-0.3, -0.25) is 9.35 Å². The van der Waals surface area contributed by atoms with Crippen molar-refractivity contribution in [2.24, 2.45) is 0 Å². The average molecular weight is 460 g/mol. The van der Waals surface area contributed by atoms with Gasteiger partial charge < -0.3 is 5.11 Å². The Morgan fingerprint density at radius 2 is 1.55 bits per heavy atom. The van der Waals surface area contributed by atoms with E-state index >= 15 is 0 Å². The van der Waals surface area contributed by atoms with Gasteiger partial charge in [0, 0.05) is 28.2 Å². The number of benzene rings is 3. The van der Waals surface area contributed by atoms with Gasteiger partial charge >= 0.3 is 0 Å². The summed E-state index contributed by atoms with van der Waals surface area (Å²) >= 11 is 0. The molecule has 0 fully saturated rings. The highest BCUT2D eigenvalue weighted by atomic mass is 32.2. The van der Waals surface area contributed by atoms with Crippen molar-refractivity contribution in [2.75, 3.05) is 0 Å². The Hall–Kier alpha value is -2.81. The molecule has 3 aromatic carbocycles. The number of hydrogen-bond donors (Lipinski definition) is 1. The summed E-state index contributed by atoms with van der Waals surface area (Å²) in [6.07, 6.45) is 0. The first-order valence-electron chi connectivity index (χ1n) is 9.39. The molecule has 31 heavy (non-hydrogen) atoms. The van der Waals surface area contributed by atoms with Gasteiger partial charge in [0.15, 0.2) is 5.78 Å². The zero-order valence-corrected chi connectivity index (χ0v) is 18.9. The molecule has 3 rings (SSSR count). The Bertz CT molecular complexity index is 1270. The Balaban J connectivity index is 2.10. The molecule has 0 saturated carbocycles. The third-order valence-corrected chi connectivity index (χ3v) is 7.14. The Morgan fingerprint density at radius 3 is 2.13 bits per heavy atom. The quantitative estimate of drug-likeness (QED) is 0.351. The van der Waals surface area contributed by atoms with E-state index in [0.717, 1.165) is 11.6 Å². The second kappa shape index (κ2) is 8.37. The van der Waals surface area contributed by atoms with Gasteiger partial charge in [-0.15, -0.1) is 0 Å². The molecule has 1 unspecified atom stereocenters. The van der Waals surface area contributed by atoms with Crippen LogP contribution in [0.15, 0.2) is 81.4 Å². The van der Waals surface area contributed by atoms with Gasteiger partial charge in [-0.1, -0.05) is 45.0 Å². The van der Waals surface area contributed by atoms with Crippen LogP contribution in [0.2, 0.25) is 0 Å². The van der Waals surface area contributed by atoms with E-state index in [1.807, 2.05) is 12.1 Å². The van der Waals surface area contributed by atoms with Crippen LogP contribution in [0.25, 0.3) is 0 Å². The van der Waals surface area contributed by atoms with Crippen LogP contribution in [0.5, 0.6) is 5.75 Å². The van der Waals surface area contributed by atoms with Crippen molar-refractivity contribution in [3.8, 4) is 5.75 Å². The van der Waals surface area contributed by atoms with Gasteiger partial charge in [0.1, 0.15) is 4.90 Å². The Kier molecular flexibility index (Phi) is 6.18. The highest BCUT2D eigenvalue weighted by Crippen LogP contribution is 2.29. The molecule has 0 amide bonds. The van der Waals surface area contributed by atoms with E-state index in [-0.39, 0.29) is 27.2 Å². The summed E-state index contributed by atoms with van der Waals surface area (Å²) in [6, 6.07) is 16.5. The van der Waals surface area contributed by atoms with E-state index in [4.69, 9.17) is 5.11 Å². The molecule has 0 aliphatic carbocycles. The molecule has 3 aromatic rings. The van der Waals surface area contributed by atoms with E-state index < -0.39 is 31.6 Å². The number of rotatable bonds is 5. The van der Waals surface area contributed by atoms with E-state index in [0.29, 0.717) is 4.90 Å². The lowest BCUT2D eigenvalue weighted by Crippen LogP contribution is -2.13. The van der Waals surface area contributed by atoms with Crippen molar-refractivity contribution in [1.82, 2.24) is 0 Å². The molecule has 0 bridgehead atoms. The molecule has 3 N–H and O–H groups in total. The minimum Gasteiger partial charge on any atom is -0.593 e. The van der Waals surface area contributed by atoms with Crippen LogP contribution in [-0.4, -0.2) is 28.1 Å². The van der Waals surface area contributed by atoms with Crippen molar-refractivity contribution in [3.63, 3.8) is 0 Å². The molecular formula is C23H23O6S2+. The van der Waals surface area contributed by atoms with Crippen molar-refractivity contribution in [3.05, 3.63) is 83.4 Å². The van der Waals surface area contributed by atoms with Crippen molar-refractivity contribution in [2.45, 2.75) is 40.9 Å². The zero-order chi connectivity index (χ0) is 23.0. The molecule has 1 atom stereocenters. The van der Waals surface area contributed by atoms with Crippen LogP contribution in [-0.2, 0) is 26.3 Å². The highest BCUT2D eigenvalue weighted by Gasteiger charge is 2.26. The first-order valence-corrected chi connectivity index (χ1v) is 12.0. The molecule has 0 aliphatic heterocycles. The van der Waals surface area contributed by atoms with E-state index in [1.54, 1.807) is 12.1 Å². The molecule has 0 aliphatic rings. The molecule has 6 nitrogen and oxygen atoms in total. The lowest BCUT2D eigenvalue weighted by molar-refractivity contribution is 0.103. The van der Waals surface area contributed by atoms with Gasteiger partial charge in [-0.25, -0.2) is 4.21 Å². The van der Waals surface area contributed by atoms with E-state index in [1.165, 1.54) is 36.4 Å². The van der Waals surface area contributed by atoms with Gasteiger partial charge in [-0.2, -0.15) is 8.42 Å². The monoisotopic (exact) mass is 459 g/mol. The standard InChI is InChI=1S/C23H22O6S2/c1-23(2,3)15-8-11-17(12-9-15)30(26)20-13-10-16(24)14-19(20)22(25)18-6-4-5-7-21(18)31(27,28)29/h4-14,24H,1-3H3,(H,27,28,29)/p+1. The summed E-state index contributed by atoms with van der Waals surface area (Å²) in [5.41, 5.74) is 0.681. The number of hydrogen-bond acceptors (Lipinski definition) is 4. The molecular weight excluding hydrogens is 436 g/mol. The maximum Gasteiger partial charge on any atom is 0.295 e. The second-order valence-electron chi connectivity index (χ2n) is 8.05. The summed E-state index contributed by atoms with van der Waals surface area (Å²) in [5.74, 6) is -0.728. The summed E-state index contributed by atoms with van der Waals surface area (Å²) < 4.78 is 46.2. The zero-order valence-electron chi connectivity index (χ0n) is 17.2. The van der Waals surface area contributed by atoms with Crippen LogP contribution < -0.4 is 0 Å². The van der Waals surface area contributed by atoms with Crippen LogP contribution in [0, 0.1) is 0 Å². The maximum atomic E-state index is 13.3. The van der Waals surface area contributed by atoms with Crippen LogP contribution in [0.3, 0.4) is 0 Å². The fourth-order valence-corrected chi connectivity index (χ4v) is 4.97. The van der Waals surface area contributed by atoms with Gasteiger partial charge in [0.05, 0.1) is 15.7 Å². The molecule has 162 valence electrons. The fourth-order valence-electron chi connectivity index (χ4n) is 3.10. The minimum absolute atomic E-state index is 0.0107. The van der Waals surface area contributed by atoms with E-state index in [9.17, 15) is 22.0 Å². The third-order valence-electron chi connectivity index (χ3n) is 4.77. The molecule has 0 radical (unpaired) electrons. The van der Waals surface area contributed by atoms with Gasteiger partial charge in [0.2, 0.25) is 0 Å². The molecule has 0 saturated heterocycles. The smallest absolute Gasteiger partial charge is 0.295 e. The predicted molar refractivity (Wildman–Crippen MR) is 119 cm³/mol. The largest absolute Gasteiger partial charge is 0.593 e. The fraction of sp³-hybridized carbons (Fsp3) is 0.174. The molecule has 0 aromatic heterocycles. The summed E-state index contributed by atoms with van der Waals surface area (Å²) in [5, 5.41) is 7.89.